The summed E-state index contributed by atoms with van der Waals surface area (Å²) < 4.78 is 0. The van der Waals surface area contributed by atoms with Crippen molar-refractivity contribution in [1.82, 2.24) is 6.15 Å². The van der Waals surface area contributed by atoms with Gasteiger partial charge in [-0.1, -0.05) is 6.08 Å². The number of aliphatic carboxylic acids is 1. The van der Waals surface area contributed by atoms with Crippen molar-refractivity contribution in [2.24, 2.45) is 0 Å². The van der Waals surface area contributed by atoms with Crippen LogP contribution in [0, 0.1) is 0 Å². The van der Waals surface area contributed by atoms with Crippen molar-refractivity contribution in [3.8, 4) is 0 Å². The van der Waals surface area contributed by atoms with Crippen LogP contribution in [0.25, 0.3) is 0 Å². The van der Waals surface area contributed by atoms with Gasteiger partial charge >= 0.3 is 0 Å². The number of carboxylic acid groups (broad SMARTS) is 1. The van der Waals surface area contributed by atoms with Crippen molar-refractivity contribution in [2.45, 2.75) is 6.92 Å². The lowest BCUT2D eigenvalue weighted by Gasteiger charge is -1.83. The third kappa shape index (κ3) is 11.0. The van der Waals surface area contributed by atoms with Gasteiger partial charge in [-0.25, -0.2) is 0 Å². The van der Waals surface area contributed by atoms with Crippen molar-refractivity contribution < 1.29 is 9.90 Å². The molecule has 0 rings (SSSR count). The van der Waals surface area contributed by atoms with E-state index in [9.17, 15) is 9.90 Å². The van der Waals surface area contributed by atoms with Crippen LogP contribution in [0.2, 0.25) is 0 Å². The molecule has 0 unspecified atom stereocenters. The summed E-state index contributed by atoms with van der Waals surface area (Å²) in [6, 6.07) is 0. The lowest BCUT2D eigenvalue weighted by Crippen LogP contribution is -2.18. The van der Waals surface area contributed by atoms with Crippen LogP contribution < -0.4 is 11.3 Å². The molecule has 0 fully saturated rings. The molecule has 0 bridgehead atoms. The molecule has 0 radical (unpaired) electrons. The summed E-state index contributed by atoms with van der Waals surface area (Å²) in [5, 5.41) is 9.40. The molecule has 42 valence electrons. The highest BCUT2D eigenvalue weighted by molar-refractivity contribution is 5.77. The summed E-state index contributed by atoms with van der Waals surface area (Å²) in [5.41, 5.74) is 0. The number of carboxylic acids is 1. The first-order valence-corrected chi connectivity index (χ1v) is 1.61. The van der Waals surface area contributed by atoms with Crippen molar-refractivity contribution in [1.29, 1.82) is 0 Å². The average Bonchev–Trinajstić information content (AvgIpc) is 1.35. The van der Waals surface area contributed by atoms with E-state index in [4.69, 9.17) is 0 Å². The quantitative estimate of drug-likeness (QED) is 0.462. The van der Waals surface area contributed by atoms with Crippen molar-refractivity contribution in [3.63, 3.8) is 0 Å². The topological polar surface area (TPSA) is 76.6 Å². The standard InChI is InChI=1S/C4H6O2.H3N/c1-2-3-4(5)6;/h2-3H,1H3,(H,5,6);1H3. The second-order valence-electron chi connectivity index (χ2n) is 0.819. The summed E-state index contributed by atoms with van der Waals surface area (Å²) in [6.45, 7) is 1.62. The van der Waals surface area contributed by atoms with Crippen molar-refractivity contribution in [2.75, 3.05) is 0 Å². The van der Waals surface area contributed by atoms with Crippen LogP contribution >= 0.6 is 0 Å². The van der Waals surface area contributed by atoms with Gasteiger partial charge in [0, 0.05) is 0 Å². The summed E-state index contributed by atoms with van der Waals surface area (Å²) in [5.74, 6) is -1.14. The van der Waals surface area contributed by atoms with E-state index in [0.717, 1.165) is 6.08 Å². The zero-order valence-corrected chi connectivity index (χ0v) is 4.47. The van der Waals surface area contributed by atoms with E-state index in [1.807, 2.05) is 0 Å². The van der Waals surface area contributed by atoms with Crippen LogP contribution in [0.15, 0.2) is 12.2 Å². The number of carbonyl (C=O) groups is 1. The van der Waals surface area contributed by atoms with Gasteiger partial charge in [0.25, 0.3) is 0 Å². The van der Waals surface area contributed by atoms with Gasteiger partial charge in [0.1, 0.15) is 0 Å². The zero-order valence-electron chi connectivity index (χ0n) is 4.47. The summed E-state index contributed by atoms with van der Waals surface area (Å²) in [4.78, 5) is 9.40. The molecule has 7 heavy (non-hydrogen) atoms. The molecule has 0 amide bonds. The van der Waals surface area contributed by atoms with Crippen molar-refractivity contribution in [3.05, 3.63) is 12.2 Å². The Hall–Kier alpha value is -0.830. The van der Waals surface area contributed by atoms with Crippen LogP contribution in [-0.2, 0) is 4.79 Å². The Bertz CT molecular complexity index is 77.8. The summed E-state index contributed by atoms with van der Waals surface area (Å²) in [6.07, 6.45) is 2.38. The Kier molecular flexibility index (Phi) is 7.00. The molecule has 3 heteroatoms. The number of hydrogen-bond acceptors (Lipinski definition) is 2. The fourth-order valence-electron chi connectivity index (χ4n) is 0.136. The number of allylic oxidation sites excluding steroid dienone is 1. The molecule has 0 saturated carbocycles. The molecule has 0 aromatic carbocycles. The molecule has 0 aliphatic heterocycles. The Morgan fingerprint density at radius 3 is 2.14 bits per heavy atom. The van der Waals surface area contributed by atoms with E-state index in [0.29, 0.717) is 0 Å². The highest BCUT2D eigenvalue weighted by Crippen LogP contribution is 1.61. The van der Waals surface area contributed by atoms with Crippen LogP contribution in [0.5, 0.6) is 0 Å². The van der Waals surface area contributed by atoms with E-state index >= 15 is 0 Å². The van der Waals surface area contributed by atoms with Gasteiger partial charge < -0.3 is 16.1 Å². The smallest absolute Gasteiger partial charge is 0.0639 e. The highest BCUT2D eigenvalue weighted by Gasteiger charge is 1.61. The first-order valence-electron chi connectivity index (χ1n) is 1.61. The van der Waals surface area contributed by atoms with Crippen LogP contribution in [0.1, 0.15) is 6.92 Å². The first kappa shape index (κ1) is 9.48. The lowest BCUT2D eigenvalue weighted by atomic mass is 10.5. The van der Waals surface area contributed by atoms with Gasteiger partial charge in [-0.2, -0.15) is 0 Å². The third-order valence-corrected chi connectivity index (χ3v) is 0.303. The molecule has 0 atom stereocenters. The van der Waals surface area contributed by atoms with E-state index in [1.165, 1.54) is 6.08 Å². The van der Waals surface area contributed by atoms with E-state index < -0.39 is 5.97 Å². The van der Waals surface area contributed by atoms with Gasteiger partial charge in [0.2, 0.25) is 0 Å². The van der Waals surface area contributed by atoms with Crippen LogP contribution in [-0.4, -0.2) is 5.97 Å². The van der Waals surface area contributed by atoms with Crippen molar-refractivity contribution >= 4 is 5.97 Å². The SMILES string of the molecule is CC=CC(=O)[O-].[NH4+]. The summed E-state index contributed by atoms with van der Waals surface area (Å²) in [7, 11) is 0. The molecule has 3 nitrogen and oxygen atoms in total. The Labute approximate surface area is 42.2 Å². The predicted molar refractivity (Wildman–Crippen MR) is 25.8 cm³/mol. The highest BCUT2D eigenvalue weighted by atomic mass is 16.4. The normalized spacial score (nSPS) is 8.14. The first-order chi connectivity index (χ1) is 2.77. The maximum atomic E-state index is 9.40. The van der Waals surface area contributed by atoms with Gasteiger partial charge in [0.05, 0.1) is 5.97 Å². The maximum Gasteiger partial charge on any atom is 0.0639 e. The fraction of sp³-hybridized carbons (Fsp3) is 0.250. The monoisotopic (exact) mass is 103 g/mol. The number of hydrogen-bond donors (Lipinski definition) is 1. The molecular formula is C4H9NO2. The molecule has 4 N–H and O–H groups in total. The molecule has 0 aliphatic carbocycles. The van der Waals surface area contributed by atoms with E-state index in [-0.39, 0.29) is 6.15 Å². The lowest BCUT2D eigenvalue weighted by molar-refractivity contribution is -0.297. The van der Waals surface area contributed by atoms with Gasteiger partial charge in [-0.15, -0.1) is 0 Å². The molecule has 0 aliphatic rings. The van der Waals surface area contributed by atoms with Gasteiger partial charge in [0.15, 0.2) is 0 Å². The van der Waals surface area contributed by atoms with Crippen LogP contribution in [0.3, 0.4) is 0 Å². The van der Waals surface area contributed by atoms with Crippen LogP contribution in [0.4, 0.5) is 0 Å². The number of carbonyl (C=O) groups excluding carboxylic acids is 1. The molecule has 0 spiro atoms. The average molecular weight is 103 g/mol. The predicted octanol–water partition coefficient (Wildman–Crippen LogP) is -0.311. The molecule has 0 aromatic rings. The minimum Gasteiger partial charge on any atom is -0.545 e. The largest absolute Gasteiger partial charge is 0.545 e. The molecule has 0 heterocycles. The van der Waals surface area contributed by atoms with Gasteiger partial charge in [-0.05, 0) is 13.0 Å². The van der Waals surface area contributed by atoms with E-state index in [1.54, 1.807) is 6.92 Å². The fourth-order valence-corrected chi connectivity index (χ4v) is 0.136. The second-order valence-corrected chi connectivity index (χ2v) is 0.819. The number of rotatable bonds is 1. The maximum absolute atomic E-state index is 9.40. The Morgan fingerprint density at radius 2 is 2.14 bits per heavy atom. The zero-order chi connectivity index (χ0) is 4.99. The van der Waals surface area contributed by atoms with Gasteiger partial charge in [-0.3, -0.25) is 0 Å². The minimum absolute atomic E-state index is 0. The molecule has 0 aromatic heterocycles. The third-order valence-electron chi connectivity index (χ3n) is 0.303. The number of quaternary nitrogens is 1. The second kappa shape index (κ2) is 5.17. The minimum atomic E-state index is -1.14. The molecule has 0 saturated heterocycles. The Morgan fingerprint density at radius 1 is 1.71 bits per heavy atom. The molecular weight excluding hydrogens is 94.0 g/mol. The Balaban J connectivity index is 0. The summed E-state index contributed by atoms with van der Waals surface area (Å²) >= 11 is 0. The van der Waals surface area contributed by atoms with E-state index in [2.05, 4.69) is 0 Å².